The summed E-state index contributed by atoms with van der Waals surface area (Å²) in [6.07, 6.45) is 5.39. The second-order valence-corrected chi connectivity index (χ2v) is 6.87. The third-order valence-corrected chi connectivity index (χ3v) is 4.95. The number of nitrogens with zero attached hydrogens (tertiary/aromatic N) is 2. The topological polar surface area (TPSA) is 60.9 Å². The van der Waals surface area contributed by atoms with Gasteiger partial charge in [-0.05, 0) is 45.7 Å². The number of hydrogen-bond acceptors (Lipinski definition) is 3. The molecule has 1 saturated heterocycles. The molecule has 2 atom stereocenters. The Morgan fingerprint density at radius 3 is 2.14 bits per heavy atom. The Kier molecular flexibility index (Phi) is 5.62. The molecule has 1 saturated carbocycles. The Bertz CT molecular complexity index is 376. The predicted octanol–water partition coefficient (Wildman–Crippen LogP) is 1.68. The van der Waals surface area contributed by atoms with Gasteiger partial charge < -0.3 is 14.9 Å². The molecule has 0 bridgehead atoms. The van der Waals surface area contributed by atoms with Crippen molar-refractivity contribution in [1.82, 2.24) is 9.80 Å². The maximum Gasteiger partial charge on any atom is 0.307 e. The molecule has 2 unspecified atom stereocenters. The lowest BCUT2D eigenvalue weighted by molar-refractivity contribution is -0.153. The third kappa shape index (κ3) is 4.19. The smallest absolute Gasteiger partial charge is 0.307 e. The van der Waals surface area contributed by atoms with Gasteiger partial charge in [0.1, 0.15) is 0 Å². The molecule has 120 valence electrons. The fourth-order valence-corrected chi connectivity index (χ4v) is 3.81. The highest BCUT2D eigenvalue weighted by atomic mass is 16.4. The second-order valence-electron chi connectivity index (χ2n) is 6.87. The first-order valence-electron chi connectivity index (χ1n) is 8.15. The minimum Gasteiger partial charge on any atom is -0.481 e. The van der Waals surface area contributed by atoms with E-state index in [1.54, 1.807) is 0 Å². The van der Waals surface area contributed by atoms with Crippen molar-refractivity contribution in [3.05, 3.63) is 0 Å². The van der Waals surface area contributed by atoms with E-state index in [0.29, 0.717) is 12.3 Å². The fourth-order valence-electron chi connectivity index (χ4n) is 3.81. The highest BCUT2D eigenvalue weighted by Gasteiger charge is 2.38. The summed E-state index contributed by atoms with van der Waals surface area (Å²) in [7, 11) is 4.16. The lowest BCUT2D eigenvalue weighted by atomic mass is 9.78. The van der Waals surface area contributed by atoms with Crippen LogP contribution in [-0.4, -0.2) is 60.5 Å². The number of aliphatic carboxylic acids is 1. The molecule has 1 heterocycles. The Balaban J connectivity index is 1.90. The molecule has 0 spiro atoms. The zero-order chi connectivity index (χ0) is 15.4. The van der Waals surface area contributed by atoms with Crippen LogP contribution in [0.25, 0.3) is 0 Å². The molecule has 21 heavy (non-hydrogen) atoms. The Hall–Kier alpha value is -1.10. The first-order chi connectivity index (χ1) is 9.99. The highest BCUT2D eigenvalue weighted by Crippen LogP contribution is 2.32. The molecule has 0 aromatic carbocycles. The van der Waals surface area contributed by atoms with E-state index in [1.807, 2.05) is 4.90 Å². The number of rotatable bonds is 4. The summed E-state index contributed by atoms with van der Waals surface area (Å²) in [6.45, 7) is 2.66. The van der Waals surface area contributed by atoms with E-state index in [0.717, 1.165) is 51.7 Å². The number of piperidine rings is 1. The van der Waals surface area contributed by atoms with Gasteiger partial charge in [-0.2, -0.15) is 0 Å². The van der Waals surface area contributed by atoms with E-state index >= 15 is 0 Å². The zero-order valence-electron chi connectivity index (χ0n) is 13.3. The molecule has 2 aliphatic rings. The summed E-state index contributed by atoms with van der Waals surface area (Å²) in [4.78, 5) is 28.1. The summed E-state index contributed by atoms with van der Waals surface area (Å²) in [5.74, 6) is -0.806. The van der Waals surface area contributed by atoms with Crippen molar-refractivity contribution < 1.29 is 14.7 Å². The zero-order valence-corrected chi connectivity index (χ0v) is 13.3. The lowest BCUT2D eigenvalue weighted by Gasteiger charge is -2.37. The standard InChI is InChI=1S/C16H28N2O3/c1-17(2)11-12-7-9-18(10-8-12)15(19)13-5-3-4-6-14(13)16(20)21/h12-14H,3-11H2,1-2H3,(H,20,21). The number of likely N-dealkylation sites (tertiary alicyclic amines) is 1. The Morgan fingerprint density at radius 1 is 1.05 bits per heavy atom. The van der Waals surface area contributed by atoms with Crippen molar-refractivity contribution in [2.24, 2.45) is 17.8 Å². The Labute approximate surface area is 127 Å². The van der Waals surface area contributed by atoms with E-state index in [1.165, 1.54) is 0 Å². The van der Waals surface area contributed by atoms with Crippen LogP contribution in [0.3, 0.4) is 0 Å². The van der Waals surface area contributed by atoms with Gasteiger partial charge in [-0.3, -0.25) is 9.59 Å². The van der Waals surface area contributed by atoms with Gasteiger partial charge >= 0.3 is 5.97 Å². The Morgan fingerprint density at radius 2 is 1.62 bits per heavy atom. The largest absolute Gasteiger partial charge is 0.481 e. The summed E-state index contributed by atoms with van der Waals surface area (Å²) >= 11 is 0. The summed E-state index contributed by atoms with van der Waals surface area (Å²) < 4.78 is 0. The molecule has 2 rings (SSSR count). The summed E-state index contributed by atoms with van der Waals surface area (Å²) in [6, 6.07) is 0. The molecule has 2 fully saturated rings. The number of amides is 1. The molecular formula is C16H28N2O3. The van der Waals surface area contributed by atoms with Gasteiger partial charge in [0, 0.05) is 19.6 Å². The van der Waals surface area contributed by atoms with Crippen LogP contribution in [0, 0.1) is 17.8 Å². The lowest BCUT2D eigenvalue weighted by Crippen LogP contribution is -2.46. The van der Waals surface area contributed by atoms with Gasteiger partial charge in [0.25, 0.3) is 0 Å². The monoisotopic (exact) mass is 296 g/mol. The van der Waals surface area contributed by atoms with E-state index in [9.17, 15) is 14.7 Å². The van der Waals surface area contributed by atoms with Crippen molar-refractivity contribution in [1.29, 1.82) is 0 Å². The SMILES string of the molecule is CN(C)CC1CCN(C(=O)C2CCCCC2C(=O)O)CC1. The van der Waals surface area contributed by atoms with E-state index in [2.05, 4.69) is 19.0 Å². The van der Waals surface area contributed by atoms with Gasteiger partial charge in [-0.25, -0.2) is 0 Å². The average Bonchev–Trinajstić information content (AvgIpc) is 2.46. The summed E-state index contributed by atoms with van der Waals surface area (Å²) in [5, 5.41) is 9.32. The minimum absolute atomic E-state index is 0.0883. The molecule has 5 nitrogen and oxygen atoms in total. The van der Waals surface area contributed by atoms with E-state index in [-0.39, 0.29) is 11.8 Å². The van der Waals surface area contributed by atoms with Crippen LogP contribution in [0.15, 0.2) is 0 Å². The number of carbonyl (C=O) groups excluding carboxylic acids is 1. The number of carboxylic acid groups (broad SMARTS) is 1. The fraction of sp³-hybridized carbons (Fsp3) is 0.875. The quantitative estimate of drug-likeness (QED) is 0.857. The molecule has 1 amide bonds. The van der Waals surface area contributed by atoms with Crippen molar-refractivity contribution in [2.45, 2.75) is 38.5 Å². The number of hydrogen-bond donors (Lipinski definition) is 1. The number of carboxylic acids is 1. The molecule has 5 heteroatoms. The summed E-state index contributed by atoms with van der Waals surface area (Å²) in [5.41, 5.74) is 0. The highest BCUT2D eigenvalue weighted by molar-refractivity contribution is 5.85. The van der Waals surface area contributed by atoms with Crippen LogP contribution in [0.1, 0.15) is 38.5 Å². The van der Waals surface area contributed by atoms with Crippen molar-refractivity contribution in [3.8, 4) is 0 Å². The molecule has 0 aromatic rings. The van der Waals surface area contributed by atoms with Crippen molar-refractivity contribution in [2.75, 3.05) is 33.7 Å². The maximum atomic E-state index is 12.6. The average molecular weight is 296 g/mol. The van der Waals surface area contributed by atoms with E-state index in [4.69, 9.17) is 0 Å². The molecule has 1 N–H and O–H groups in total. The molecule has 0 aromatic heterocycles. The van der Waals surface area contributed by atoms with Crippen molar-refractivity contribution >= 4 is 11.9 Å². The van der Waals surface area contributed by atoms with Crippen molar-refractivity contribution in [3.63, 3.8) is 0 Å². The van der Waals surface area contributed by atoms with Gasteiger partial charge in [-0.15, -0.1) is 0 Å². The molecular weight excluding hydrogens is 268 g/mol. The number of carbonyl (C=O) groups is 2. The maximum absolute atomic E-state index is 12.6. The van der Waals surface area contributed by atoms with Crippen LogP contribution < -0.4 is 0 Å². The van der Waals surface area contributed by atoms with Gasteiger partial charge in [0.15, 0.2) is 0 Å². The first kappa shape index (κ1) is 16.3. The van der Waals surface area contributed by atoms with Crippen LogP contribution in [0.4, 0.5) is 0 Å². The van der Waals surface area contributed by atoms with Gasteiger partial charge in [-0.1, -0.05) is 12.8 Å². The van der Waals surface area contributed by atoms with E-state index < -0.39 is 11.9 Å². The van der Waals surface area contributed by atoms with Crippen LogP contribution in [-0.2, 0) is 9.59 Å². The van der Waals surface area contributed by atoms with Crippen LogP contribution in [0.5, 0.6) is 0 Å². The molecule has 1 aliphatic heterocycles. The van der Waals surface area contributed by atoms with Gasteiger partial charge in [0.2, 0.25) is 5.91 Å². The third-order valence-electron chi connectivity index (χ3n) is 4.95. The first-order valence-corrected chi connectivity index (χ1v) is 8.15. The minimum atomic E-state index is -0.796. The molecule has 1 aliphatic carbocycles. The van der Waals surface area contributed by atoms with Crippen LogP contribution >= 0.6 is 0 Å². The second kappa shape index (κ2) is 7.25. The molecule has 0 radical (unpaired) electrons. The predicted molar refractivity (Wildman–Crippen MR) is 80.9 cm³/mol. The van der Waals surface area contributed by atoms with Crippen LogP contribution in [0.2, 0.25) is 0 Å². The normalized spacial score (nSPS) is 27.9. The van der Waals surface area contributed by atoms with Gasteiger partial charge in [0.05, 0.1) is 11.8 Å².